The maximum absolute atomic E-state index is 12.0. The minimum absolute atomic E-state index is 0.0299. The van der Waals surface area contributed by atoms with Gasteiger partial charge in [-0.15, -0.1) is 0 Å². The monoisotopic (exact) mass is 458 g/mol. The number of aryl methyl sites for hydroxylation is 1. The molecule has 4 N–H and O–H groups in total. The average molecular weight is 459 g/mol. The van der Waals surface area contributed by atoms with Crippen molar-refractivity contribution in [2.24, 2.45) is 0 Å². The summed E-state index contributed by atoms with van der Waals surface area (Å²) in [5.41, 5.74) is 8.11. The molecule has 2 aromatic rings. The summed E-state index contributed by atoms with van der Waals surface area (Å²) in [6.45, 7) is 3.77. The van der Waals surface area contributed by atoms with E-state index in [-0.39, 0.29) is 23.9 Å². The highest BCUT2D eigenvalue weighted by molar-refractivity contribution is 7.80. The Balaban J connectivity index is 1.68. The van der Waals surface area contributed by atoms with E-state index >= 15 is 0 Å². The van der Waals surface area contributed by atoms with E-state index < -0.39 is 11.8 Å². The van der Waals surface area contributed by atoms with E-state index in [1.54, 1.807) is 31.2 Å². The molecule has 0 fully saturated rings. The van der Waals surface area contributed by atoms with Crippen molar-refractivity contribution in [3.05, 3.63) is 70.3 Å². The number of halogens is 1. The number of hydrogen-bond acceptors (Lipinski definition) is 4. The fourth-order valence-corrected chi connectivity index (χ4v) is 2.73. The van der Waals surface area contributed by atoms with Crippen LogP contribution in [0.1, 0.15) is 29.5 Å². The first-order valence-electron chi connectivity index (χ1n) is 9.44. The summed E-state index contributed by atoms with van der Waals surface area (Å²) in [5, 5.41) is 5.61. The van der Waals surface area contributed by atoms with Crippen molar-refractivity contribution >= 4 is 58.4 Å². The van der Waals surface area contributed by atoms with E-state index in [0.29, 0.717) is 10.7 Å². The third-order valence-corrected chi connectivity index (χ3v) is 4.79. The van der Waals surface area contributed by atoms with Gasteiger partial charge in [-0.3, -0.25) is 30.6 Å². The summed E-state index contributed by atoms with van der Waals surface area (Å²) < 4.78 is 0. The van der Waals surface area contributed by atoms with Crippen molar-refractivity contribution in [1.82, 2.24) is 16.2 Å². The molecule has 0 radical (unpaired) electrons. The Bertz CT molecular complexity index is 1010. The molecule has 7 nitrogen and oxygen atoms in total. The second kappa shape index (κ2) is 11.8. The molecule has 2 aromatic carbocycles. The Morgan fingerprint density at radius 3 is 2.35 bits per heavy atom. The molecule has 0 saturated carbocycles. The minimum atomic E-state index is -0.454. The second-order valence-electron chi connectivity index (χ2n) is 6.70. The predicted octanol–water partition coefficient (Wildman–Crippen LogP) is 3.41. The van der Waals surface area contributed by atoms with Crippen LogP contribution >= 0.6 is 23.8 Å². The Hall–Kier alpha value is -3.23. The Kier molecular flexibility index (Phi) is 9.17. The Labute approximate surface area is 191 Å². The third-order valence-electron chi connectivity index (χ3n) is 4.18. The van der Waals surface area contributed by atoms with Gasteiger partial charge < -0.3 is 5.32 Å². The van der Waals surface area contributed by atoms with Gasteiger partial charge in [-0.2, -0.15) is 0 Å². The van der Waals surface area contributed by atoms with Gasteiger partial charge in [0.25, 0.3) is 0 Å². The summed E-state index contributed by atoms with van der Waals surface area (Å²) in [4.78, 5) is 35.8. The minimum Gasteiger partial charge on any atom is -0.326 e. The van der Waals surface area contributed by atoms with Crippen molar-refractivity contribution in [2.75, 3.05) is 5.32 Å². The molecule has 0 unspecified atom stereocenters. The molecule has 9 heteroatoms. The number of hydrogen-bond donors (Lipinski definition) is 4. The summed E-state index contributed by atoms with van der Waals surface area (Å²) in [6, 6.07) is 12.8. The summed E-state index contributed by atoms with van der Waals surface area (Å²) in [7, 11) is 0. The lowest BCUT2D eigenvalue weighted by Crippen LogP contribution is -2.48. The largest absolute Gasteiger partial charge is 0.326 e. The number of benzene rings is 2. The normalized spacial score (nSPS) is 10.4. The van der Waals surface area contributed by atoms with E-state index in [4.69, 9.17) is 23.8 Å². The first-order valence-corrected chi connectivity index (χ1v) is 10.2. The lowest BCUT2D eigenvalue weighted by Gasteiger charge is -2.11. The highest BCUT2D eigenvalue weighted by Crippen LogP contribution is 2.23. The predicted molar refractivity (Wildman–Crippen MR) is 126 cm³/mol. The molecule has 0 spiro atoms. The molecular weight excluding hydrogens is 436 g/mol. The van der Waals surface area contributed by atoms with Crippen LogP contribution in [-0.4, -0.2) is 22.8 Å². The molecule has 0 bridgehead atoms. The molecule has 0 heterocycles. The van der Waals surface area contributed by atoms with Crippen LogP contribution in [0.4, 0.5) is 5.69 Å². The second-order valence-corrected chi connectivity index (χ2v) is 7.51. The Morgan fingerprint density at radius 2 is 1.65 bits per heavy atom. The van der Waals surface area contributed by atoms with Gasteiger partial charge in [0, 0.05) is 29.6 Å². The van der Waals surface area contributed by atoms with E-state index in [1.807, 2.05) is 31.2 Å². The van der Waals surface area contributed by atoms with Gasteiger partial charge in [-0.05, 0) is 55.4 Å². The van der Waals surface area contributed by atoms with Gasteiger partial charge in [0.1, 0.15) is 0 Å². The van der Waals surface area contributed by atoms with E-state index in [1.165, 1.54) is 6.08 Å². The van der Waals surface area contributed by atoms with Crippen LogP contribution in [0.25, 0.3) is 6.08 Å². The maximum atomic E-state index is 12.0. The van der Waals surface area contributed by atoms with Crippen molar-refractivity contribution in [3.63, 3.8) is 0 Å². The van der Waals surface area contributed by atoms with Crippen molar-refractivity contribution in [2.45, 2.75) is 26.7 Å². The SMILES string of the molecule is Cc1ccc(/C=C/C(=O)NC(=S)NNC(=O)CCC(=O)Nc2cccc(Cl)c2C)cc1. The molecule has 31 heavy (non-hydrogen) atoms. The standard InChI is InChI=1S/C22H23ClN4O3S/c1-14-6-8-16(9-7-14)10-11-20(29)25-22(31)27-26-21(30)13-12-19(28)24-18-5-3-4-17(23)15(18)2/h3-11H,12-13H2,1-2H3,(H,24,28)(H,26,30)(H2,25,27,29,31)/b11-10+. The molecule has 2 rings (SSSR count). The van der Waals surface area contributed by atoms with Crippen LogP contribution in [0.5, 0.6) is 0 Å². The van der Waals surface area contributed by atoms with Crippen LogP contribution in [0, 0.1) is 13.8 Å². The lowest BCUT2D eigenvalue weighted by molar-refractivity contribution is -0.124. The van der Waals surface area contributed by atoms with Crippen LogP contribution in [0.15, 0.2) is 48.5 Å². The third kappa shape index (κ3) is 8.57. The fraction of sp³-hybridized carbons (Fsp3) is 0.182. The van der Waals surface area contributed by atoms with Gasteiger partial charge in [-0.25, -0.2) is 0 Å². The first-order chi connectivity index (χ1) is 14.7. The lowest BCUT2D eigenvalue weighted by atomic mass is 10.1. The van der Waals surface area contributed by atoms with Crippen molar-refractivity contribution < 1.29 is 14.4 Å². The highest BCUT2D eigenvalue weighted by Gasteiger charge is 2.10. The Morgan fingerprint density at radius 1 is 0.968 bits per heavy atom. The molecule has 3 amide bonds. The number of thiocarbonyl (C=S) groups is 1. The smallest absolute Gasteiger partial charge is 0.250 e. The van der Waals surface area contributed by atoms with Crippen molar-refractivity contribution in [3.8, 4) is 0 Å². The number of nitrogens with one attached hydrogen (secondary N) is 4. The van der Waals surface area contributed by atoms with Crippen LogP contribution in [-0.2, 0) is 14.4 Å². The van der Waals surface area contributed by atoms with Crippen LogP contribution in [0.3, 0.4) is 0 Å². The van der Waals surface area contributed by atoms with Crippen LogP contribution < -0.4 is 21.5 Å². The highest BCUT2D eigenvalue weighted by atomic mass is 35.5. The molecular formula is C22H23ClN4O3S. The first kappa shape index (κ1) is 24.0. The number of carbonyl (C=O) groups excluding carboxylic acids is 3. The van der Waals surface area contributed by atoms with Gasteiger partial charge in [-0.1, -0.05) is 47.5 Å². The number of carbonyl (C=O) groups is 3. The average Bonchev–Trinajstić information content (AvgIpc) is 2.73. The number of amides is 3. The molecule has 162 valence electrons. The molecule has 0 aliphatic rings. The quantitative estimate of drug-likeness (QED) is 0.302. The summed E-state index contributed by atoms with van der Waals surface area (Å²) in [6.07, 6.45) is 2.89. The molecule has 0 atom stereocenters. The molecule has 0 aliphatic heterocycles. The van der Waals surface area contributed by atoms with E-state index in [2.05, 4.69) is 21.5 Å². The van der Waals surface area contributed by atoms with Gasteiger partial charge in [0.15, 0.2) is 5.11 Å². The number of rotatable bonds is 6. The molecule has 0 aliphatic carbocycles. The topological polar surface area (TPSA) is 99.3 Å². The number of hydrazine groups is 1. The number of anilines is 1. The summed E-state index contributed by atoms with van der Waals surface area (Å²) in [5.74, 6) is -1.22. The van der Waals surface area contributed by atoms with E-state index in [9.17, 15) is 14.4 Å². The van der Waals surface area contributed by atoms with Gasteiger partial charge in [0.05, 0.1) is 0 Å². The zero-order chi connectivity index (χ0) is 22.8. The zero-order valence-corrected chi connectivity index (χ0v) is 18.7. The van der Waals surface area contributed by atoms with Crippen LogP contribution in [0.2, 0.25) is 5.02 Å². The van der Waals surface area contributed by atoms with Gasteiger partial charge >= 0.3 is 0 Å². The summed E-state index contributed by atoms with van der Waals surface area (Å²) >= 11 is 11.0. The maximum Gasteiger partial charge on any atom is 0.250 e. The van der Waals surface area contributed by atoms with Gasteiger partial charge in [0.2, 0.25) is 17.7 Å². The molecule has 0 saturated heterocycles. The molecule has 0 aromatic heterocycles. The van der Waals surface area contributed by atoms with Crippen molar-refractivity contribution in [1.29, 1.82) is 0 Å². The van der Waals surface area contributed by atoms with E-state index in [0.717, 1.165) is 16.7 Å². The fourth-order valence-electron chi connectivity index (χ4n) is 2.41. The zero-order valence-electron chi connectivity index (χ0n) is 17.1.